The Morgan fingerprint density at radius 1 is 1.33 bits per heavy atom. The number of benzene rings is 1. The Morgan fingerprint density at radius 3 is 2.71 bits per heavy atom. The van der Waals surface area contributed by atoms with Crippen LogP contribution in [0.5, 0.6) is 0 Å². The average Bonchev–Trinajstić information content (AvgIpc) is 2.48. The van der Waals surface area contributed by atoms with Crippen molar-refractivity contribution in [3.63, 3.8) is 0 Å². The van der Waals surface area contributed by atoms with Gasteiger partial charge in [0, 0.05) is 24.7 Å². The van der Waals surface area contributed by atoms with Crippen LogP contribution in [0.2, 0.25) is 0 Å². The Balaban J connectivity index is 1.99. The van der Waals surface area contributed by atoms with Crippen LogP contribution in [0.25, 0.3) is 0 Å². The fourth-order valence-corrected chi connectivity index (χ4v) is 2.39. The molecule has 0 aliphatic carbocycles. The summed E-state index contributed by atoms with van der Waals surface area (Å²) in [6.07, 6.45) is 1.64. The number of carbonyl (C=O) groups is 2. The summed E-state index contributed by atoms with van der Waals surface area (Å²) >= 11 is 0. The first-order valence-corrected chi connectivity index (χ1v) is 6.88. The molecule has 1 aliphatic rings. The SMILES string of the molecule is CC#CC(=O)NC1CCCN(C(=O)c2ccc(F)cc2)C1. The van der Waals surface area contributed by atoms with Crippen molar-refractivity contribution in [2.45, 2.75) is 25.8 Å². The van der Waals surface area contributed by atoms with Gasteiger partial charge in [0.15, 0.2) is 0 Å². The predicted octanol–water partition coefficient (Wildman–Crippen LogP) is 1.57. The van der Waals surface area contributed by atoms with Gasteiger partial charge in [0.25, 0.3) is 11.8 Å². The number of likely N-dealkylation sites (tertiary alicyclic amines) is 1. The smallest absolute Gasteiger partial charge is 0.296 e. The lowest BCUT2D eigenvalue weighted by atomic mass is 10.0. The van der Waals surface area contributed by atoms with Crippen molar-refractivity contribution in [3.05, 3.63) is 35.6 Å². The van der Waals surface area contributed by atoms with E-state index in [1.165, 1.54) is 24.3 Å². The van der Waals surface area contributed by atoms with Crippen molar-refractivity contribution in [1.29, 1.82) is 0 Å². The summed E-state index contributed by atoms with van der Waals surface area (Å²) in [6, 6.07) is 5.40. The zero-order valence-corrected chi connectivity index (χ0v) is 11.9. The van der Waals surface area contributed by atoms with Gasteiger partial charge in [-0.25, -0.2) is 4.39 Å². The third kappa shape index (κ3) is 4.06. The quantitative estimate of drug-likeness (QED) is 0.840. The first-order valence-electron chi connectivity index (χ1n) is 6.88. The summed E-state index contributed by atoms with van der Waals surface area (Å²) < 4.78 is 12.9. The van der Waals surface area contributed by atoms with Crippen molar-refractivity contribution >= 4 is 11.8 Å². The second-order valence-corrected chi connectivity index (χ2v) is 4.95. The molecule has 0 spiro atoms. The van der Waals surface area contributed by atoms with Crippen LogP contribution in [0.4, 0.5) is 4.39 Å². The van der Waals surface area contributed by atoms with Crippen LogP contribution in [0.15, 0.2) is 24.3 Å². The molecule has 0 saturated carbocycles. The maximum atomic E-state index is 12.9. The Morgan fingerprint density at radius 2 is 2.05 bits per heavy atom. The molecule has 2 amide bonds. The van der Waals surface area contributed by atoms with Gasteiger partial charge in [0.2, 0.25) is 0 Å². The molecular formula is C16H17FN2O2. The van der Waals surface area contributed by atoms with E-state index in [1.807, 2.05) is 0 Å². The molecule has 1 aromatic carbocycles. The minimum atomic E-state index is -0.367. The Hall–Kier alpha value is -2.35. The molecule has 0 aromatic heterocycles. The molecule has 0 radical (unpaired) electrons. The topological polar surface area (TPSA) is 49.4 Å². The number of rotatable bonds is 2. The van der Waals surface area contributed by atoms with E-state index >= 15 is 0 Å². The molecule has 4 nitrogen and oxygen atoms in total. The number of piperidine rings is 1. The number of hydrogen-bond donors (Lipinski definition) is 1. The monoisotopic (exact) mass is 288 g/mol. The van der Waals surface area contributed by atoms with Crippen LogP contribution in [0.3, 0.4) is 0 Å². The Kier molecular flexibility index (Phi) is 4.94. The molecule has 1 heterocycles. The van der Waals surface area contributed by atoms with Crippen molar-refractivity contribution in [3.8, 4) is 11.8 Å². The summed E-state index contributed by atoms with van der Waals surface area (Å²) in [7, 11) is 0. The minimum Gasteiger partial charge on any atom is -0.341 e. The average molecular weight is 288 g/mol. The van der Waals surface area contributed by atoms with E-state index in [0.717, 1.165) is 12.8 Å². The molecule has 1 aromatic rings. The highest BCUT2D eigenvalue weighted by Gasteiger charge is 2.25. The van der Waals surface area contributed by atoms with E-state index < -0.39 is 0 Å². The van der Waals surface area contributed by atoms with Crippen LogP contribution >= 0.6 is 0 Å². The molecule has 1 unspecified atom stereocenters. The third-order valence-corrected chi connectivity index (χ3v) is 3.37. The lowest BCUT2D eigenvalue weighted by molar-refractivity contribution is -0.116. The molecule has 1 atom stereocenters. The largest absolute Gasteiger partial charge is 0.341 e. The molecule has 2 rings (SSSR count). The standard InChI is InChI=1S/C16H17FN2O2/c1-2-4-15(20)18-14-5-3-10-19(11-14)16(21)12-6-8-13(17)9-7-12/h6-9,14H,3,5,10-11H2,1H3,(H,18,20). The molecule has 0 bridgehead atoms. The number of halogens is 1. The van der Waals surface area contributed by atoms with Gasteiger partial charge in [-0.2, -0.15) is 0 Å². The molecule has 5 heteroatoms. The summed E-state index contributed by atoms with van der Waals surface area (Å²) in [5.41, 5.74) is 0.455. The van der Waals surface area contributed by atoms with E-state index in [4.69, 9.17) is 0 Å². The number of amides is 2. The van der Waals surface area contributed by atoms with Crippen molar-refractivity contribution in [2.75, 3.05) is 13.1 Å². The number of nitrogens with one attached hydrogen (secondary N) is 1. The van der Waals surface area contributed by atoms with Gasteiger partial charge in [-0.1, -0.05) is 5.92 Å². The van der Waals surface area contributed by atoms with Crippen molar-refractivity contribution < 1.29 is 14.0 Å². The Bertz CT molecular complexity index is 587. The van der Waals surface area contributed by atoms with Gasteiger partial charge < -0.3 is 10.2 Å². The highest BCUT2D eigenvalue weighted by molar-refractivity contribution is 5.95. The van der Waals surface area contributed by atoms with Crippen LogP contribution in [-0.2, 0) is 4.79 Å². The van der Waals surface area contributed by atoms with Crippen molar-refractivity contribution in [1.82, 2.24) is 10.2 Å². The van der Waals surface area contributed by atoms with Gasteiger partial charge in [0.1, 0.15) is 5.82 Å². The number of carbonyl (C=O) groups excluding carboxylic acids is 2. The van der Waals surface area contributed by atoms with Crippen LogP contribution in [0.1, 0.15) is 30.1 Å². The second kappa shape index (κ2) is 6.89. The molecule has 110 valence electrons. The second-order valence-electron chi connectivity index (χ2n) is 4.95. The molecule has 1 N–H and O–H groups in total. The normalized spacial score (nSPS) is 17.6. The molecule has 21 heavy (non-hydrogen) atoms. The van der Waals surface area contributed by atoms with E-state index in [0.29, 0.717) is 18.7 Å². The van der Waals surface area contributed by atoms with Crippen molar-refractivity contribution in [2.24, 2.45) is 0 Å². The fraction of sp³-hybridized carbons (Fsp3) is 0.375. The summed E-state index contributed by atoms with van der Waals surface area (Å²) in [4.78, 5) is 25.5. The van der Waals surface area contributed by atoms with Crippen LogP contribution < -0.4 is 5.32 Å². The van der Waals surface area contributed by atoms with E-state index in [1.54, 1.807) is 11.8 Å². The van der Waals surface area contributed by atoms with Gasteiger partial charge in [-0.05, 0) is 50.0 Å². The zero-order valence-electron chi connectivity index (χ0n) is 11.9. The highest BCUT2D eigenvalue weighted by atomic mass is 19.1. The number of hydrogen-bond acceptors (Lipinski definition) is 2. The Labute approximate surface area is 123 Å². The van der Waals surface area contributed by atoms with Gasteiger partial charge in [-0.3, -0.25) is 9.59 Å². The first kappa shape index (κ1) is 15.0. The molecule has 1 saturated heterocycles. The summed E-state index contributed by atoms with van der Waals surface area (Å²) in [5, 5.41) is 2.80. The molecule has 1 fully saturated rings. The van der Waals surface area contributed by atoms with Gasteiger partial charge in [-0.15, -0.1) is 0 Å². The maximum absolute atomic E-state index is 12.9. The third-order valence-electron chi connectivity index (χ3n) is 3.37. The van der Waals surface area contributed by atoms with Gasteiger partial charge >= 0.3 is 0 Å². The lowest BCUT2D eigenvalue weighted by Gasteiger charge is -2.32. The molecule has 1 aliphatic heterocycles. The predicted molar refractivity (Wildman–Crippen MR) is 76.9 cm³/mol. The molecular weight excluding hydrogens is 271 g/mol. The van der Waals surface area contributed by atoms with E-state index in [-0.39, 0.29) is 23.7 Å². The first-order chi connectivity index (χ1) is 10.1. The lowest BCUT2D eigenvalue weighted by Crippen LogP contribution is -2.49. The van der Waals surface area contributed by atoms with Crippen LogP contribution in [-0.4, -0.2) is 35.8 Å². The highest BCUT2D eigenvalue weighted by Crippen LogP contribution is 2.14. The number of nitrogens with zero attached hydrogens (tertiary/aromatic N) is 1. The maximum Gasteiger partial charge on any atom is 0.296 e. The summed E-state index contributed by atoms with van der Waals surface area (Å²) in [6.45, 7) is 2.69. The van der Waals surface area contributed by atoms with Gasteiger partial charge in [0.05, 0.1) is 0 Å². The minimum absolute atomic E-state index is 0.0866. The van der Waals surface area contributed by atoms with E-state index in [9.17, 15) is 14.0 Å². The summed E-state index contributed by atoms with van der Waals surface area (Å²) in [5.74, 6) is 4.14. The van der Waals surface area contributed by atoms with E-state index in [2.05, 4.69) is 17.2 Å². The fourth-order valence-electron chi connectivity index (χ4n) is 2.39. The zero-order chi connectivity index (χ0) is 15.2. The van der Waals surface area contributed by atoms with Crippen LogP contribution in [0, 0.1) is 17.7 Å².